The van der Waals surface area contributed by atoms with Gasteiger partial charge in [0.15, 0.2) is 0 Å². The van der Waals surface area contributed by atoms with Gasteiger partial charge in [0.2, 0.25) is 0 Å². The van der Waals surface area contributed by atoms with Gasteiger partial charge in [-0.1, -0.05) is 30.3 Å². The van der Waals surface area contributed by atoms with Crippen molar-refractivity contribution in [3.05, 3.63) is 64.1 Å². The largest absolute Gasteiger partial charge is 0.354 e. The highest BCUT2D eigenvalue weighted by Gasteiger charge is 2.26. The van der Waals surface area contributed by atoms with Crippen LogP contribution in [0.5, 0.6) is 0 Å². The zero-order valence-corrected chi connectivity index (χ0v) is 20.4. The van der Waals surface area contributed by atoms with E-state index in [1.807, 2.05) is 23.5 Å². The Morgan fingerprint density at radius 1 is 1.06 bits per heavy atom. The predicted molar refractivity (Wildman–Crippen MR) is 136 cm³/mol. The highest BCUT2D eigenvalue weighted by molar-refractivity contribution is 9.10. The van der Waals surface area contributed by atoms with Gasteiger partial charge >= 0.3 is 0 Å². The standard InChI is InChI=1S/C25H27BrN4OS/c26-23-5-2-6-24(27-23)30-14-12-28(13-15-30)17-21(18-31)29-10-7-19(8-11-29)22-4-1-3-20-9-16-32-25(20)22/h1-7,9,16,18,21H,8,10-15,17H2. The highest BCUT2D eigenvalue weighted by atomic mass is 79.9. The van der Waals surface area contributed by atoms with Crippen LogP contribution in [0.4, 0.5) is 5.82 Å². The molecule has 0 saturated carbocycles. The van der Waals surface area contributed by atoms with E-state index < -0.39 is 0 Å². The lowest BCUT2D eigenvalue weighted by molar-refractivity contribution is -0.113. The maximum Gasteiger partial charge on any atom is 0.138 e. The Morgan fingerprint density at radius 3 is 2.66 bits per heavy atom. The number of aldehydes is 1. The van der Waals surface area contributed by atoms with Crippen molar-refractivity contribution in [1.29, 1.82) is 0 Å². The third kappa shape index (κ3) is 4.66. The van der Waals surface area contributed by atoms with Crippen molar-refractivity contribution < 1.29 is 4.79 Å². The number of nitrogens with zero attached hydrogens (tertiary/aromatic N) is 4. The van der Waals surface area contributed by atoms with Crippen LogP contribution < -0.4 is 4.90 Å². The highest BCUT2D eigenvalue weighted by Crippen LogP contribution is 2.32. The molecule has 7 heteroatoms. The van der Waals surface area contributed by atoms with Gasteiger partial charge in [-0.05, 0) is 62.5 Å². The van der Waals surface area contributed by atoms with Crippen molar-refractivity contribution >= 4 is 55.0 Å². The number of rotatable bonds is 6. The zero-order chi connectivity index (χ0) is 21.9. The predicted octanol–water partition coefficient (Wildman–Crippen LogP) is 4.54. The number of anilines is 1. The van der Waals surface area contributed by atoms with Gasteiger partial charge in [-0.2, -0.15) is 0 Å². The first-order chi connectivity index (χ1) is 15.7. The average Bonchev–Trinajstić information content (AvgIpc) is 3.32. The topological polar surface area (TPSA) is 39.7 Å². The van der Waals surface area contributed by atoms with Crippen molar-refractivity contribution in [3.8, 4) is 0 Å². The number of halogens is 1. The molecule has 2 aliphatic rings. The second kappa shape index (κ2) is 9.83. The van der Waals surface area contributed by atoms with Crippen LogP contribution >= 0.6 is 27.3 Å². The number of carbonyl (C=O) groups excluding carboxylic acids is 1. The van der Waals surface area contributed by atoms with Crippen LogP contribution in [0.25, 0.3) is 15.7 Å². The number of piperazine rings is 1. The molecule has 1 aromatic carbocycles. The fourth-order valence-corrected chi connectivity index (χ4v) is 6.00. The van der Waals surface area contributed by atoms with Crippen LogP contribution in [-0.2, 0) is 4.79 Å². The Kier molecular flexibility index (Phi) is 6.69. The second-order valence-electron chi connectivity index (χ2n) is 8.43. The first kappa shape index (κ1) is 21.8. The molecule has 5 nitrogen and oxygen atoms in total. The Morgan fingerprint density at radius 2 is 1.91 bits per heavy atom. The summed E-state index contributed by atoms with van der Waals surface area (Å²) in [5, 5.41) is 3.48. The minimum absolute atomic E-state index is 0.0547. The van der Waals surface area contributed by atoms with Gasteiger partial charge in [-0.25, -0.2) is 4.98 Å². The summed E-state index contributed by atoms with van der Waals surface area (Å²) in [6, 6.07) is 14.7. The van der Waals surface area contributed by atoms with Crippen LogP contribution in [0.15, 0.2) is 58.5 Å². The van der Waals surface area contributed by atoms with Crippen LogP contribution in [0.2, 0.25) is 0 Å². The monoisotopic (exact) mass is 510 g/mol. The summed E-state index contributed by atoms with van der Waals surface area (Å²) in [5.41, 5.74) is 2.77. The average molecular weight is 511 g/mol. The molecule has 1 unspecified atom stereocenters. The summed E-state index contributed by atoms with van der Waals surface area (Å²) in [7, 11) is 0. The molecule has 0 N–H and O–H groups in total. The minimum Gasteiger partial charge on any atom is -0.354 e. The van der Waals surface area contributed by atoms with Crippen molar-refractivity contribution in [3.63, 3.8) is 0 Å². The molecule has 4 heterocycles. The summed E-state index contributed by atoms with van der Waals surface area (Å²) in [5.74, 6) is 1.01. The number of benzene rings is 1. The molecule has 32 heavy (non-hydrogen) atoms. The molecule has 0 radical (unpaired) electrons. The maximum atomic E-state index is 12.0. The van der Waals surface area contributed by atoms with E-state index in [1.54, 1.807) is 0 Å². The van der Waals surface area contributed by atoms with Crippen molar-refractivity contribution in [2.45, 2.75) is 12.5 Å². The molecule has 0 amide bonds. The summed E-state index contributed by atoms with van der Waals surface area (Å²) >= 11 is 5.27. The third-order valence-electron chi connectivity index (χ3n) is 6.53. The van der Waals surface area contributed by atoms with Gasteiger partial charge in [-0.3, -0.25) is 9.80 Å². The zero-order valence-electron chi connectivity index (χ0n) is 18.0. The van der Waals surface area contributed by atoms with E-state index >= 15 is 0 Å². The molecule has 1 fully saturated rings. The van der Waals surface area contributed by atoms with Crippen LogP contribution in [0.1, 0.15) is 12.0 Å². The molecular formula is C25H27BrN4OS. The molecule has 1 atom stereocenters. The van der Waals surface area contributed by atoms with E-state index in [2.05, 4.69) is 77.4 Å². The van der Waals surface area contributed by atoms with E-state index in [-0.39, 0.29) is 6.04 Å². The van der Waals surface area contributed by atoms with Gasteiger partial charge in [-0.15, -0.1) is 11.3 Å². The normalized spacial score (nSPS) is 19.2. The maximum absolute atomic E-state index is 12.0. The molecule has 1 saturated heterocycles. The quantitative estimate of drug-likeness (QED) is 0.359. The number of fused-ring (bicyclic) bond motifs is 1. The fourth-order valence-electron chi connectivity index (χ4n) is 4.72. The van der Waals surface area contributed by atoms with Gasteiger partial charge in [0.25, 0.3) is 0 Å². The summed E-state index contributed by atoms with van der Waals surface area (Å²) in [4.78, 5) is 23.6. The molecule has 0 aliphatic carbocycles. The number of aromatic nitrogens is 1. The summed E-state index contributed by atoms with van der Waals surface area (Å²) in [6.07, 6.45) is 4.45. The SMILES string of the molecule is O=CC(CN1CCN(c2cccc(Br)n2)CC1)N1CC=C(c2cccc3ccsc23)CC1. The number of hydrogen-bond acceptors (Lipinski definition) is 6. The lowest BCUT2D eigenvalue weighted by Crippen LogP contribution is -2.52. The lowest BCUT2D eigenvalue weighted by Gasteiger charge is -2.39. The molecule has 2 aromatic heterocycles. The van der Waals surface area contributed by atoms with E-state index in [0.717, 1.165) is 68.9 Å². The van der Waals surface area contributed by atoms with Crippen molar-refractivity contribution in [2.75, 3.05) is 50.7 Å². The summed E-state index contributed by atoms with van der Waals surface area (Å²) < 4.78 is 2.24. The van der Waals surface area contributed by atoms with Crippen molar-refractivity contribution in [2.24, 2.45) is 0 Å². The van der Waals surface area contributed by atoms with Crippen LogP contribution in [0, 0.1) is 0 Å². The van der Waals surface area contributed by atoms with E-state index in [1.165, 1.54) is 21.2 Å². The number of hydrogen-bond donors (Lipinski definition) is 0. The van der Waals surface area contributed by atoms with Gasteiger partial charge in [0.1, 0.15) is 16.7 Å². The molecule has 166 valence electrons. The number of thiophene rings is 1. The van der Waals surface area contributed by atoms with Gasteiger partial charge in [0.05, 0.1) is 6.04 Å². The minimum atomic E-state index is -0.0547. The van der Waals surface area contributed by atoms with E-state index in [9.17, 15) is 4.79 Å². The van der Waals surface area contributed by atoms with Crippen LogP contribution in [-0.4, -0.2) is 72.9 Å². The second-order valence-corrected chi connectivity index (χ2v) is 10.2. The van der Waals surface area contributed by atoms with Crippen LogP contribution in [0.3, 0.4) is 0 Å². The molecule has 0 bridgehead atoms. The lowest BCUT2D eigenvalue weighted by atomic mass is 9.97. The third-order valence-corrected chi connectivity index (χ3v) is 7.94. The molecule has 2 aliphatic heterocycles. The first-order valence-electron chi connectivity index (χ1n) is 11.2. The molecule has 0 spiro atoms. The van der Waals surface area contributed by atoms with Crippen molar-refractivity contribution in [1.82, 2.24) is 14.8 Å². The van der Waals surface area contributed by atoms with Gasteiger partial charge in [0, 0.05) is 50.5 Å². The van der Waals surface area contributed by atoms with E-state index in [4.69, 9.17) is 0 Å². The first-order valence-corrected chi connectivity index (χ1v) is 12.8. The Bertz CT molecular complexity index is 1120. The fraction of sp³-hybridized carbons (Fsp3) is 0.360. The molecule has 3 aromatic rings. The Balaban J connectivity index is 1.18. The smallest absolute Gasteiger partial charge is 0.138 e. The van der Waals surface area contributed by atoms with Gasteiger partial charge < -0.3 is 9.69 Å². The number of carbonyl (C=O) groups is 1. The Labute approximate surface area is 201 Å². The number of pyridine rings is 1. The summed E-state index contributed by atoms with van der Waals surface area (Å²) in [6.45, 7) is 6.34. The Hall–Kier alpha value is -2.06. The van der Waals surface area contributed by atoms with E-state index in [0.29, 0.717) is 0 Å². The molecule has 5 rings (SSSR count). The molecular weight excluding hydrogens is 484 g/mol.